The summed E-state index contributed by atoms with van der Waals surface area (Å²) in [6.07, 6.45) is 7.13. The Balaban J connectivity index is 2.35. The Morgan fingerprint density at radius 1 is 1.04 bits per heavy atom. The van der Waals surface area contributed by atoms with E-state index < -0.39 is 14.0 Å². The first-order valence-electron chi connectivity index (χ1n) is 10.1. The molecule has 0 radical (unpaired) electrons. The van der Waals surface area contributed by atoms with E-state index in [9.17, 15) is 9.59 Å². The van der Waals surface area contributed by atoms with Crippen molar-refractivity contribution in [2.75, 3.05) is 18.4 Å². The van der Waals surface area contributed by atoms with Crippen LogP contribution in [0.5, 0.6) is 0 Å². The molecule has 0 heterocycles. The van der Waals surface area contributed by atoms with Crippen molar-refractivity contribution in [2.45, 2.75) is 71.1 Å². The highest BCUT2D eigenvalue weighted by Crippen LogP contribution is 2.18. The van der Waals surface area contributed by atoms with Crippen molar-refractivity contribution >= 4 is 25.6 Å². The van der Waals surface area contributed by atoms with Gasteiger partial charge in [-0.05, 0) is 36.6 Å². The predicted molar refractivity (Wildman–Crippen MR) is 116 cm³/mol. The minimum absolute atomic E-state index is 0.334. The van der Waals surface area contributed by atoms with E-state index in [1.807, 2.05) is 19.1 Å². The lowest BCUT2D eigenvalue weighted by Crippen LogP contribution is -2.29. The number of amides is 1. The molecule has 1 amide bonds. The Morgan fingerprint density at radius 2 is 1.70 bits per heavy atom. The molecule has 0 aliphatic carbocycles. The number of anilines is 1. The molecule has 6 heteroatoms. The van der Waals surface area contributed by atoms with Gasteiger partial charge in [-0.15, -0.1) is 0 Å². The summed E-state index contributed by atoms with van der Waals surface area (Å²) in [4.78, 5) is 22.7. The summed E-state index contributed by atoms with van der Waals surface area (Å²) in [6.45, 7) is 9.86. The Bertz CT molecular complexity index is 612. The summed E-state index contributed by atoms with van der Waals surface area (Å²) in [5.74, 6) is -1.38. The number of carboxylic acid groups (broad SMARTS) is 1. The van der Waals surface area contributed by atoms with Crippen LogP contribution in [-0.2, 0) is 11.2 Å². The maximum Gasteiger partial charge on any atom is 0.322 e. The van der Waals surface area contributed by atoms with Gasteiger partial charge < -0.3 is 15.7 Å². The maximum atomic E-state index is 12.1. The summed E-state index contributed by atoms with van der Waals surface area (Å²) < 4.78 is 0. The molecule has 0 aliphatic heterocycles. The molecular formula is C21H36N2O3Si. The third-order valence-corrected chi connectivity index (χ3v) is 6.42. The van der Waals surface area contributed by atoms with Crippen molar-refractivity contribution in [3.63, 3.8) is 0 Å². The zero-order valence-electron chi connectivity index (χ0n) is 17.4. The zero-order valence-corrected chi connectivity index (χ0v) is 18.4. The lowest BCUT2D eigenvalue weighted by molar-refractivity contribution is -0.135. The highest BCUT2D eigenvalue weighted by molar-refractivity contribution is 6.76. The van der Waals surface area contributed by atoms with Crippen molar-refractivity contribution < 1.29 is 14.7 Å². The second-order valence-electron chi connectivity index (χ2n) is 8.31. The number of hydrogen-bond acceptors (Lipinski definition) is 3. The van der Waals surface area contributed by atoms with Crippen LogP contribution in [0, 0.1) is 0 Å². The van der Waals surface area contributed by atoms with E-state index in [4.69, 9.17) is 5.11 Å². The van der Waals surface area contributed by atoms with E-state index >= 15 is 0 Å². The van der Waals surface area contributed by atoms with Crippen LogP contribution >= 0.6 is 0 Å². The van der Waals surface area contributed by atoms with Gasteiger partial charge in [0, 0.05) is 25.9 Å². The fraction of sp³-hybridized carbons (Fsp3) is 0.619. The number of carbonyl (C=O) groups is 2. The molecule has 0 bridgehead atoms. The molecule has 27 heavy (non-hydrogen) atoms. The maximum absolute atomic E-state index is 12.1. The molecule has 1 aromatic rings. The van der Waals surface area contributed by atoms with Crippen LogP contribution in [0.3, 0.4) is 0 Å². The molecule has 0 atom stereocenters. The van der Waals surface area contributed by atoms with Gasteiger partial charge in [-0.1, -0.05) is 58.3 Å². The Kier molecular flexibility index (Phi) is 10.1. The largest absolute Gasteiger partial charge is 0.480 e. The second kappa shape index (κ2) is 11.8. The predicted octanol–water partition coefficient (Wildman–Crippen LogP) is 4.76. The van der Waals surface area contributed by atoms with Gasteiger partial charge in [0.2, 0.25) is 0 Å². The molecule has 0 aliphatic rings. The highest BCUT2D eigenvalue weighted by atomic mass is 28.3. The van der Waals surface area contributed by atoms with Crippen LogP contribution in [0.1, 0.15) is 54.9 Å². The van der Waals surface area contributed by atoms with E-state index in [0.717, 1.165) is 30.6 Å². The average molecular weight is 393 g/mol. The first kappa shape index (κ1) is 23.2. The summed E-state index contributed by atoms with van der Waals surface area (Å²) >= 11 is 0. The number of carboxylic acids is 1. The molecular weight excluding hydrogens is 356 g/mol. The molecule has 0 saturated carbocycles. The third-order valence-electron chi connectivity index (χ3n) is 4.56. The van der Waals surface area contributed by atoms with E-state index in [0.29, 0.717) is 5.56 Å². The molecule has 0 aromatic heterocycles. The lowest BCUT2D eigenvalue weighted by Gasteiger charge is -2.15. The van der Waals surface area contributed by atoms with Crippen LogP contribution in [0.15, 0.2) is 18.2 Å². The minimum Gasteiger partial charge on any atom is -0.480 e. The van der Waals surface area contributed by atoms with Crippen molar-refractivity contribution in [3.05, 3.63) is 29.3 Å². The number of rotatable bonds is 13. The third kappa shape index (κ3) is 10.2. The Morgan fingerprint density at radius 3 is 2.33 bits per heavy atom. The molecule has 152 valence electrons. The molecule has 3 N–H and O–H groups in total. The van der Waals surface area contributed by atoms with Crippen LogP contribution in [0.4, 0.5) is 5.69 Å². The molecule has 1 rings (SSSR count). The molecule has 0 unspecified atom stereocenters. The number of hydrogen-bond donors (Lipinski definition) is 3. The second-order valence-corrected chi connectivity index (χ2v) is 13.9. The molecule has 0 fully saturated rings. The summed E-state index contributed by atoms with van der Waals surface area (Å²) in [5, 5.41) is 14.5. The summed E-state index contributed by atoms with van der Waals surface area (Å²) in [6, 6.07) is 7.08. The molecule has 5 nitrogen and oxygen atoms in total. The fourth-order valence-electron chi connectivity index (χ4n) is 3.01. The van der Waals surface area contributed by atoms with Crippen LogP contribution in [0.25, 0.3) is 0 Å². The first-order valence-corrected chi connectivity index (χ1v) is 13.8. The molecule has 0 spiro atoms. The van der Waals surface area contributed by atoms with Crippen molar-refractivity contribution in [1.82, 2.24) is 5.32 Å². The van der Waals surface area contributed by atoms with Gasteiger partial charge in [0.15, 0.2) is 0 Å². The van der Waals surface area contributed by atoms with E-state index in [2.05, 4.69) is 30.3 Å². The number of aliphatic carboxylic acids is 1. The van der Waals surface area contributed by atoms with Crippen LogP contribution < -0.4 is 10.6 Å². The van der Waals surface area contributed by atoms with Gasteiger partial charge in [0.1, 0.15) is 6.54 Å². The van der Waals surface area contributed by atoms with E-state index in [-0.39, 0.29) is 12.5 Å². The van der Waals surface area contributed by atoms with E-state index in [1.54, 1.807) is 6.07 Å². The summed E-state index contributed by atoms with van der Waals surface area (Å²) in [7, 11) is -0.880. The highest BCUT2D eigenvalue weighted by Gasteiger charge is 2.12. The number of unbranched alkanes of at least 4 members (excludes halogenated alkanes) is 4. The molecule has 0 saturated heterocycles. The Hall–Kier alpha value is -1.82. The number of nitrogens with one attached hydrogen (secondary N) is 2. The minimum atomic E-state index is -1.04. The SMILES string of the molecule is CCc1cc(NCCCCCCC[Si](C)(C)C)ccc1C(=O)NCC(=O)O. The molecule has 1 aromatic carbocycles. The van der Waals surface area contributed by atoms with E-state index in [1.165, 1.54) is 31.7 Å². The average Bonchev–Trinajstić information content (AvgIpc) is 2.60. The Labute approximate surface area is 165 Å². The number of aryl methyl sites for hydroxylation is 1. The standard InChI is InChI=1S/C21H36N2O3Si/c1-5-17-15-18(11-12-19(17)21(26)23-16-20(24)25)22-13-9-7-6-8-10-14-27(2,3)4/h11-12,15,22H,5-10,13-14,16H2,1-4H3,(H,23,26)(H,24,25). The van der Waals surface area contributed by atoms with Gasteiger partial charge >= 0.3 is 5.97 Å². The topological polar surface area (TPSA) is 78.4 Å². The smallest absolute Gasteiger partial charge is 0.322 e. The van der Waals surface area contributed by atoms with Crippen LogP contribution in [-0.4, -0.2) is 38.1 Å². The van der Waals surface area contributed by atoms with Gasteiger partial charge in [-0.2, -0.15) is 0 Å². The summed E-state index contributed by atoms with van der Waals surface area (Å²) in [5.41, 5.74) is 2.49. The van der Waals surface area contributed by atoms with Crippen molar-refractivity contribution in [1.29, 1.82) is 0 Å². The number of benzene rings is 1. The zero-order chi connectivity index (χ0) is 20.3. The lowest BCUT2D eigenvalue weighted by atomic mass is 10.0. The quantitative estimate of drug-likeness (QED) is 0.334. The first-order chi connectivity index (χ1) is 12.7. The van der Waals surface area contributed by atoms with Crippen molar-refractivity contribution in [3.8, 4) is 0 Å². The van der Waals surface area contributed by atoms with Crippen molar-refractivity contribution in [2.24, 2.45) is 0 Å². The normalized spacial score (nSPS) is 11.3. The van der Waals surface area contributed by atoms with Gasteiger partial charge in [-0.25, -0.2) is 0 Å². The van der Waals surface area contributed by atoms with Gasteiger partial charge in [0.25, 0.3) is 5.91 Å². The number of carbonyl (C=O) groups excluding carboxylic acids is 1. The monoisotopic (exact) mass is 392 g/mol. The fourth-order valence-corrected chi connectivity index (χ4v) is 4.32. The van der Waals surface area contributed by atoms with Gasteiger partial charge in [0.05, 0.1) is 0 Å². The van der Waals surface area contributed by atoms with Gasteiger partial charge in [-0.3, -0.25) is 9.59 Å². The van der Waals surface area contributed by atoms with Crippen LogP contribution in [0.2, 0.25) is 25.7 Å².